The Morgan fingerprint density at radius 1 is 1.33 bits per heavy atom. The molecule has 0 saturated carbocycles. The number of benzene rings is 1. The van der Waals surface area contributed by atoms with Gasteiger partial charge in [0.2, 0.25) is 5.91 Å². The second kappa shape index (κ2) is 6.73. The highest BCUT2D eigenvalue weighted by molar-refractivity contribution is 5.79. The van der Waals surface area contributed by atoms with Crippen molar-refractivity contribution < 1.29 is 9.18 Å². The van der Waals surface area contributed by atoms with Gasteiger partial charge in [0.25, 0.3) is 0 Å². The zero-order valence-corrected chi connectivity index (χ0v) is 14.2. The normalized spacial score (nSPS) is 17.2. The molecule has 0 radical (unpaired) electrons. The Labute approximate surface area is 141 Å². The molecule has 1 aromatic heterocycles. The topological polar surface area (TPSA) is 59.0 Å². The number of nitrogens with zero attached hydrogens (tertiary/aromatic N) is 2. The smallest absolute Gasteiger partial charge is 0.223 e. The Kier molecular flexibility index (Phi) is 4.66. The number of nitrogens with one attached hydrogen (secondary N) is 2. The lowest BCUT2D eigenvalue weighted by molar-refractivity contribution is -0.127. The maximum Gasteiger partial charge on any atom is 0.223 e. The van der Waals surface area contributed by atoms with Gasteiger partial charge < -0.3 is 10.6 Å². The summed E-state index contributed by atoms with van der Waals surface area (Å²) in [7, 11) is 0. The van der Waals surface area contributed by atoms with Crippen LogP contribution in [0.15, 0.2) is 30.5 Å². The van der Waals surface area contributed by atoms with Crippen molar-refractivity contribution in [2.45, 2.75) is 26.8 Å². The molecule has 6 heteroatoms. The highest BCUT2D eigenvalue weighted by Crippen LogP contribution is 2.22. The molecular formula is C18H23FN4O. The van der Waals surface area contributed by atoms with Crippen LogP contribution in [0.2, 0.25) is 0 Å². The number of hydrogen-bond donors (Lipinski definition) is 2. The molecule has 5 nitrogen and oxygen atoms in total. The molecule has 0 bridgehead atoms. The van der Waals surface area contributed by atoms with Crippen LogP contribution in [0.3, 0.4) is 0 Å². The van der Waals surface area contributed by atoms with Crippen molar-refractivity contribution in [3.05, 3.63) is 47.5 Å². The average molecular weight is 330 g/mol. The minimum Gasteiger partial charge on any atom is -0.349 e. The molecule has 2 N–H and O–H groups in total. The Morgan fingerprint density at radius 2 is 2.00 bits per heavy atom. The van der Waals surface area contributed by atoms with Gasteiger partial charge in [0.05, 0.1) is 17.9 Å². The van der Waals surface area contributed by atoms with Crippen molar-refractivity contribution in [1.29, 1.82) is 0 Å². The van der Waals surface area contributed by atoms with Crippen molar-refractivity contribution >= 4 is 5.91 Å². The summed E-state index contributed by atoms with van der Waals surface area (Å²) in [5.41, 5.74) is 2.70. The van der Waals surface area contributed by atoms with Crippen LogP contribution < -0.4 is 10.6 Å². The maximum atomic E-state index is 13.1. The van der Waals surface area contributed by atoms with Gasteiger partial charge in [0.1, 0.15) is 5.82 Å². The second-order valence-corrected chi connectivity index (χ2v) is 6.51. The first-order valence-corrected chi connectivity index (χ1v) is 8.29. The lowest BCUT2D eigenvalue weighted by atomic mass is 9.88. The Hall–Kier alpha value is -2.21. The van der Waals surface area contributed by atoms with Crippen molar-refractivity contribution in [1.82, 2.24) is 20.4 Å². The number of hydrogen-bond acceptors (Lipinski definition) is 3. The van der Waals surface area contributed by atoms with E-state index in [-0.39, 0.29) is 23.7 Å². The minimum atomic E-state index is -0.274. The Bertz CT molecular complexity index is 721. The molecule has 0 spiro atoms. The lowest BCUT2D eigenvalue weighted by Gasteiger charge is -2.32. The summed E-state index contributed by atoms with van der Waals surface area (Å²) >= 11 is 0. The van der Waals surface area contributed by atoms with Crippen LogP contribution in [-0.2, 0) is 4.79 Å². The molecule has 24 heavy (non-hydrogen) atoms. The summed E-state index contributed by atoms with van der Waals surface area (Å²) in [6.07, 6.45) is 1.76. The van der Waals surface area contributed by atoms with Gasteiger partial charge in [-0.05, 0) is 57.1 Å². The van der Waals surface area contributed by atoms with E-state index < -0.39 is 0 Å². The van der Waals surface area contributed by atoms with Crippen LogP contribution in [0.1, 0.15) is 31.1 Å². The minimum absolute atomic E-state index is 0.00106. The first kappa shape index (κ1) is 16.6. The van der Waals surface area contributed by atoms with Gasteiger partial charge in [-0.25, -0.2) is 9.07 Å². The largest absolute Gasteiger partial charge is 0.349 e. The molecule has 1 aliphatic heterocycles. The summed E-state index contributed by atoms with van der Waals surface area (Å²) in [4.78, 5) is 12.4. The van der Waals surface area contributed by atoms with Crippen LogP contribution in [0.25, 0.3) is 5.69 Å². The van der Waals surface area contributed by atoms with Gasteiger partial charge in [-0.15, -0.1) is 0 Å². The molecule has 3 rings (SSSR count). The first-order chi connectivity index (χ1) is 11.5. The fraction of sp³-hybridized carbons (Fsp3) is 0.444. The number of amides is 1. The third-order valence-corrected chi connectivity index (χ3v) is 4.88. The third kappa shape index (κ3) is 3.19. The van der Waals surface area contributed by atoms with E-state index in [2.05, 4.69) is 15.7 Å². The van der Waals surface area contributed by atoms with E-state index in [9.17, 15) is 9.18 Å². The first-order valence-electron chi connectivity index (χ1n) is 8.29. The molecule has 1 aliphatic rings. The van der Waals surface area contributed by atoms with Crippen molar-refractivity contribution in [2.75, 3.05) is 13.1 Å². The lowest BCUT2D eigenvalue weighted by Crippen LogP contribution is -2.49. The summed E-state index contributed by atoms with van der Waals surface area (Å²) < 4.78 is 14.8. The summed E-state index contributed by atoms with van der Waals surface area (Å²) in [6.45, 7) is 7.70. The van der Waals surface area contributed by atoms with Crippen LogP contribution in [-0.4, -0.2) is 28.8 Å². The molecule has 1 saturated heterocycles. The third-order valence-electron chi connectivity index (χ3n) is 4.88. The van der Waals surface area contributed by atoms with Crippen molar-refractivity contribution in [3.8, 4) is 5.69 Å². The van der Waals surface area contributed by atoms with Gasteiger partial charge in [-0.2, -0.15) is 5.10 Å². The van der Waals surface area contributed by atoms with E-state index in [1.54, 1.807) is 23.0 Å². The fourth-order valence-corrected chi connectivity index (χ4v) is 2.99. The molecule has 2 heterocycles. The highest BCUT2D eigenvalue weighted by atomic mass is 19.1. The standard InChI is InChI=1S/C18H23FN4O/c1-11(14-8-20-9-14)18(24)22-12(2)17-10-21-23(13(17)3)16-6-4-15(19)5-7-16/h4-7,10-12,14,20H,8-9H2,1-3H3,(H,22,24). The molecule has 0 aliphatic carbocycles. The number of carbonyl (C=O) groups excluding carboxylic acids is 1. The summed E-state index contributed by atoms with van der Waals surface area (Å²) in [5, 5.41) is 10.7. The predicted molar refractivity (Wildman–Crippen MR) is 90.3 cm³/mol. The molecule has 2 atom stereocenters. The van der Waals surface area contributed by atoms with E-state index in [0.717, 1.165) is 30.0 Å². The number of carbonyl (C=O) groups is 1. The quantitative estimate of drug-likeness (QED) is 0.885. The maximum absolute atomic E-state index is 13.1. The van der Waals surface area contributed by atoms with E-state index in [4.69, 9.17) is 0 Å². The molecule has 1 aromatic carbocycles. The van der Waals surface area contributed by atoms with E-state index in [1.807, 2.05) is 20.8 Å². The Balaban J connectivity index is 1.72. The van der Waals surface area contributed by atoms with Gasteiger partial charge >= 0.3 is 0 Å². The average Bonchev–Trinajstić information content (AvgIpc) is 2.88. The number of halogens is 1. The highest BCUT2D eigenvalue weighted by Gasteiger charge is 2.29. The Morgan fingerprint density at radius 3 is 2.58 bits per heavy atom. The molecule has 1 fully saturated rings. The molecular weight excluding hydrogens is 307 g/mol. The van der Waals surface area contributed by atoms with Crippen LogP contribution in [0.4, 0.5) is 4.39 Å². The summed E-state index contributed by atoms with van der Waals surface area (Å²) in [5.74, 6) is 0.216. The predicted octanol–water partition coefficient (Wildman–Crippen LogP) is 2.35. The van der Waals surface area contributed by atoms with E-state index in [1.165, 1.54) is 12.1 Å². The monoisotopic (exact) mass is 330 g/mol. The fourth-order valence-electron chi connectivity index (χ4n) is 2.99. The van der Waals surface area contributed by atoms with Crippen molar-refractivity contribution in [3.63, 3.8) is 0 Å². The zero-order chi connectivity index (χ0) is 17.3. The SMILES string of the molecule is Cc1c(C(C)NC(=O)C(C)C2CNC2)cnn1-c1ccc(F)cc1. The van der Waals surface area contributed by atoms with E-state index >= 15 is 0 Å². The van der Waals surface area contributed by atoms with Crippen LogP contribution >= 0.6 is 0 Å². The van der Waals surface area contributed by atoms with Gasteiger partial charge in [0.15, 0.2) is 0 Å². The van der Waals surface area contributed by atoms with Gasteiger partial charge in [-0.3, -0.25) is 4.79 Å². The summed E-state index contributed by atoms with van der Waals surface area (Å²) in [6, 6.07) is 6.08. The number of rotatable bonds is 5. The van der Waals surface area contributed by atoms with Crippen molar-refractivity contribution in [2.24, 2.45) is 11.8 Å². The second-order valence-electron chi connectivity index (χ2n) is 6.51. The number of aromatic nitrogens is 2. The molecule has 2 unspecified atom stereocenters. The van der Waals surface area contributed by atoms with Crippen LogP contribution in [0.5, 0.6) is 0 Å². The van der Waals surface area contributed by atoms with Gasteiger partial charge in [0, 0.05) is 17.2 Å². The molecule has 128 valence electrons. The zero-order valence-electron chi connectivity index (χ0n) is 14.2. The van der Waals surface area contributed by atoms with E-state index in [0.29, 0.717) is 5.92 Å². The molecule has 1 amide bonds. The molecule has 2 aromatic rings. The van der Waals surface area contributed by atoms with Crippen LogP contribution in [0, 0.1) is 24.6 Å². The van der Waals surface area contributed by atoms with Gasteiger partial charge in [-0.1, -0.05) is 6.92 Å².